The third-order valence-electron chi connectivity index (χ3n) is 2.39. The van der Waals surface area contributed by atoms with E-state index in [1.54, 1.807) is 18.2 Å². The Morgan fingerprint density at radius 3 is 2.79 bits per heavy atom. The average molecular weight is 266 g/mol. The van der Waals surface area contributed by atoms with Crippen molar-refractivity contribution in [1.29, 1.82) is 0 Å². The Hall–Kier alpha value is -2.28. The summed E-state index contributed by atoms with van der Waals surface area (Å²) in [4.78, 5) is 22.9. The second kappa shape index (κ2) is 5.57. The first-order chi connectivity index (χ1) is 9.06. The van der Waals surface area contributed by atoms with Crippen LogP contribution in [0.25, 0.3) is 0 Å². The molecule has 0 saturated heterocycles. The molecule has 2 amide bonds. The fraction of sp³-hybridized carbons (Fsp3) is 0.333. The lowest BCUT2D eigenvalue weighted by Crippen LogP contribution is -2.38. The highest BCUT2D eigenvalue weighted by Crippen LogP contribution is 2.34. The van der Waals surface area contributed by atoms with E-state index in [1.807, 2.05) is 0 Å². The van der Waals surface area contributed by atoms with Crippen LogP contribution in [0.5, 0.6) is 11.5 Å². The van der Waals surface area contributed by atoms with Gasteiger partial charge in [-0.25, -0.2) is 0 Å². The zero-order valence-corrected chi connectivity index (χ0v) is 10.3. The number of amides is 2. The molecule has 1 aromatic carbocycles. The minimum absolute atomic E-state index is 0.0212. The van der Waals surface area contributed by atoms with Crippen molar-refractivity contribution in [3.05, 3.63) is 18.2 Å². The maximum atomic E-state index is 11.5. The predicted molar refractivity (Wildman–Crippen MR) is 65.9 cm³/mol. The van der Waals surface area contributed by atoms with Crippen LogP contribution < -0.4 is 20.1 Å². The van der Waals surface area contributed by atoms with Gasteiger partial charge in [0.25, 0.3) is 0 Å². The molecule has 1 aliphatic rings. The zero-order valence-electron chi connectivity index (χ0n) is 10.3. The standard InChI is InChI=1S/C12H14N2O5/c1-7(15)5-13-11(16)12(17)14-8-2-3-9-10(4-8)19-6-18-9/h2-4,7,15H,5-6H2,1H3,(H,13,16)(H,14,17)/t7-/m0/s1. The van der Waals surface area contributed by atoms with Crippen LogP contribution in [0.2, 0.25) is 0 Å². The van der Waals surface area contributed by atoms with E-state index in [2.05, 4.69) is 10.6 Å². The summed E-state index contributed by atoms with van der Waals surface area (Å²) < 4.78 is 10.3. The molecule has 0 bridgehead atoms. The predicted octanol–water partition coefficient (Wildman–Crippen LogP) is -0.149. The summed E-state index contributed by atoms with van der Waals surface area (Å²) in [7, 11) is 0. The van der Waals surface area contributed by atoms with Gasteiger partial charge >= 0.3 is 11.8 Å². The highest BCUT2D eigenvalue weighted by atomic mass is 16.7. The molecule has 3 N–H and O–H groups in total. The van der Waals surface area contributed by atoms with Crippen LogP contribution in [-0.2, 0) is 9.59 Å². The number of benzene rings is 1. The molecule has 1 heterocycles. The van der Waals surface area contributed by atoms with E-state index in [0.717, 1.165) is 0 Å². The van der Waals surface area contributed by atoms with Crippen molar-refractivity contribution in [2.45, 2.75) is 13.0 Å². The summed E-state index contributed by atoms with van der Waals surface area (Å²) in [5, 5.41) is 13.7. The van der Waals surface area contributed by atoms with Crippen LogP contribution >= 0.6 is 0 Å². The van der Waals surface area contributed by atoms with Gasteiger partial charge < -0.3 is 25.2 Å². The maximum absolute atomic E-state index is 11.5. The number of hydrogen-bond acceptors (Lipinski definition) is 5. The number of aliphatic hydroxyl groups excluding tert-OH is 1. The van der Waals surface area contributed by atoms with Crippen LogP contribution in [0.3, 0.4) is 0 Å². The molecule has 1 aromatic rings. The molecular weight excluding hydrogens is 252 g/mol. The van der Waals surface area contributed by atoms with Crippen molar-refractivity contribution in [3.8, 4) is 11.5 Å². The van der Waals surface area contributed by atoms with Crippen LogP contribution in [-0.4, -0.2) is 36.4 Å². The highest BCUT2D eigenvalue weighted by molar-refractivity contribution is 6.39. The van der Waals surface area contributed by atoms with Gasteiger partial charge in [0.2, 0.25) is 6.79 Å². The minimum atomic E-state index is -0.807. The van der Waals surface area contributed by atoms with E-state index in [1.165, 1.54) is 6.92 Å². The Labute approximate surface area is 109 Å². The SMILES string of the molecule is C[C@H](O)CNC(=O)C(=O)Nc1ccc2c(c1)OCO2. The molecule has 0 radical (unpaired) electrons. The second-order valence-electron chi connectivity index (χ2n) is 4.08. The normalized spacial score (nSPS) is 13.8. The van der Waals surface area contributed by atoms with Gasteiger partial charge in [0, 0.05) is 18.3 Å². The first-order valence-electron chi connectivity index (χ1n) is 5.73. The van der Waals surface area contributed by atoms with Gasteiger partial charge in [-0.3, -0.25) is 9.59 Å². The number of hydrogen-bond donors (Lipinski definition) is 3. The summed E-state index contributed by atoms with van der Waals surface area (Å²) in [5.41, 5.74) is 0.432. The van der Waals surface area contributed by atoms with Crippen molar-refractivity contribution in [1.82, 2.24) is 5.32 Å². The van der Waals surface area contributed by atoms with Crippen LogP contribution in [0, 0.1) is 0 Å². The van der Waals surface area contributed by atoms with Crippen molar-refractivity contribution >= 4 is 17.5 Å². The summed E-state index contributed by atoms with van der Waals surface area (Å²) >= 11 is 0. The Balaban J connectivity index is 1.93. The highest BCUT2D eigenvalue weighted by Gasteiger charge is 2.17. The van der Waals surface area contributed by atoms with Crippen LogP contribution in [0.15, 0.2) is 18.2 Å². The minimum Gasteiger partial charge on any atom is -0.454 e. The maximum Gasteiger partial charge on any atom is 0.313 e. The number of fused-ring (bicyclic) bond motifs is 1. The van der Waals surface area contributed by atoms with Crippen molar-refractivity contribution in [2.24, 2.45) is 0 Å². The second-order valence-corrected chi connectivity index (χ2v) is 4.08. The molecular formula is C12H14N2O5. The number of ether oxygens (including phenoxy) is 2. The first kappa shape index (κ1) is 13.2. The molecule has 0 spiro atoms. The van der Waals surface area contributed by atoms with Gasteiger partial charge in [0.05, 0.1) is 6.10 Å². The summed E-state index contributed by atoms with van der Waals surface area (Å²) in [6.07, 6.45) is -0.706. The Kier molecular flexibility index (Phi) is 3.86. The van der Waals surface area contributed by atoms with Gasteiger partial charge in [-0.05, 0) is 19.1 Å². The molecule has 1 atom stereocenters. The lowest BCUT2D eigenvalue weighted by molar-refractivity contribution is -0.136. The molecule has 0 fully saturated rings. The van der Waals surface area contributed by atoms with E-state index < -0.39 is 17.9 Å². The smallest absolute Gasteiger partial charge is 0.313 e. The number of rotatable bonds is 3. The third-order valence-corrected chi connectivity index (χ3v) is 2.39. The van der Waals surface area contributed by atoms with Crippen molar-refractivity contribution in [2.75, 3.05) is 18.7 Å². The Morgan fingerprint density at radius 1 is 1.32 bits per heavy atom. The topological polar surface area (TPSA) is 96.9 Å². The molecule has 0 aliphatic carbocycles. The van der Waals surface area contributed by atoms with Gasteiger partial charge in [0.1, 0.15) is 0 Å². The molecule has 0 saturated carbocycles. The van der Waals surface area contributed by atoms with E-state index in [0.29, 0.717) is 17.2 Å². The number of aliphatic hydroxyl groups is 1. The lowest BCUT2D eigenvalue weighted by Gasteiger charge is -2.08. The molecule has 0 aromatic heterocycles. The van der Waals surface area contributed by atoms with Crippen LogP contribution in [0.4, 0.5) is 5.69 Å². The molecule has 2 rings (SSSR count). The van der Waals surface area contributed by atoms with Gasteiger partial charge in [0.15, 0.2) is 11.5 Å². The van der Waals surface area contributed by atoms with Gasteiger partial charge in [-0.2, -0.15) is 0 Å². The van der Waals surface area contributed by atoms with Crippen LogP contribution in [0.1, 0.15) is 6.92 Å². The molecule has 1 aliphatic heterocycles. The third kappa shape index (κ3) is 3.35. The summed E-state index contributed by atoms with van der Waals surface area (Å²) in [6.45, 7) is 1.67. The van der Waals surface area contributed by atoms with Crippen molar-refractivity contribution < 1.29 is 24.2 Å². The fourth-order valence-corrected chi connectivity index (χ4v) is 1.48. The largest absolute Gasteiger partial charge is 0.454 e. The Morgan fingerprint density at radius 2 is 2.05 bits per heavy atom. The molecule has 102 valence electrons. The van der Waals surface area contributed by atoms with Gasteiger partial charge in [-0.1, -0.05) is 0 Å². The first-order valence-corrected chi connectivity index (χ1v) is 5.73. The fourth-order valence-electron chi connectivity index (χ4n) is 1.48. The van der Waals surface area contributed by atoms with E-state index in [4.69, 9.17) is 14.6 Å². The van der Waals surface area contributed by atoms with Crippen molar-refractivity contribution in [3.63, 3.8) is 0 Å². The average Bonchev–Trinajstić information content (AvgIpc) is 2.83. The lowest BCUT2D eigenvalue weighted by atomic mass is 10.2. The quantitative estimate of drug-likeness (QED) is 0.661. The monoisotopic (exact) mass is 266 g/mol. The number of carbonyl (C=O) groups is 2. The number of anilines is 1. The van der Waals surface area contributed by atoms with E-state index in [-0.39, 0.29) is 13.3 Å². The molecule has 7 heteroatoms. The summed E-state index contributed by atoms with van der Waals surface area (Å²) in [5.74, 6) is -0.503. The molecule has 0 unspecified atom stereocenters. The Bertz CT molecular complexity index is 501. The summed E-state index contributed by atoms with van der Waals surface area (Å²) in [6, 6.07) is 4.82. The van der Waals surface area contributed by atoms with E-state index in [9.17, 15) is 9.59 Å². The van der Waals surface area contributed by atoms with Gasteiger partial charge in [-0.15, -0.1) is 0 Å². The molecule has 19 heavy (non-hydrogen) atoms. The number of nitrogens with one attached hydrogen (secondary N) is 2. The molecule has 7 nitrogen and oxygen atoms in total. The number of carbonyl (C=O) groups excluding carboxylic acids is 2. The zero-order chi connectivity index (χ0) is 13.8. The van der Waals surface area contributed by atoms with E-state index >= 15 is 0 Å².